The number of thioether (sulfide) groups is 1. The zero-order valence-corrected chi connectivity index (χ0v) is 10.5. The summed E-state index contributed by atoms with van der Waals surface area (Å²) in [5, 5.41) is 14.2. The van der Waals surface area contributed by atoms with E-state index in [0.29, 0.717) is 10.2 Å². The number of nitro benzene ring substituents is 1. The van der Waals surface area contributed by atoms with Gasteiger partial charge in [-0.05, 0) is 21.5 Å². The Balaban J connectivity index is 2.89. The molecule has 4 N–H and O–H groups in total. The third-order valence-corrected chi connectivity index (χ3v) is 3.53. The molecule has 0 aliphatic carbocycles. The summed E-state index contributed by atoms with van der Waals surface area (Å²) in [5.74, 6) is 5.44. The van der Waals surface area contributed by atoms with Crippen LogP contribution in [0.2, 0.25) is 0 Å². The number of rotatable bonds is 3. The van der Waals surface area contributed by atoms with E-state index in [2.05, 4.69) is 21.0 Å². The SMILES string of the molecule is N/N=C(/N)SCc1cccc([N+](=O)[O-])c1Br. The molecule has 0 atom stereocenters. The summed E-state index contributed by atoms with van der Waals surface area (Å²) in [6.45, 7) is 0. The number of amidine groups is 1. The summed E-state index contributed by atoms with van der Waals surface area (Å²) in [4.78, 5) is 10.2. The predicted molar refractivity (Wildman–Crippen MR) is 67.9 cm³/mol. The van der Waals surface area contributed by atoms with Gasteiger partial charge in [0.15, 0.2) is 5.17 Å². The van der Waals surface area contributed by atoms with Crippen LogP contribution in [0.4, 0.5) is 5.69 Å². The van der Waals surface area contributed by atoms with E-state index in [9.17, 15) is 10.1 Å². The average molecular weight is 305 g/mol. The van der Waals surface area contributed by atoms with Gasteiger partial charge in [-0.3, -0.25) is 10.1 Å². The van der Waals surface area contributed by atoms with E-state index in [1.54, 1.807) is 12.1 Å². The fraction of sp³-hybridized carbons (Fsp3) is 0.125. The second kappa shape index (κ2) is 5.71. The summed E-state index contributed by atoms with van der Waals surface area (Å²) in [5.41, 5.74) is 6.21. The van der Waals surface area contributed by atoms with Gasteiger partial charge in [-0.15, -0.1) is 0 Å². The number of hydrogen-bond donors (Lipinski definition) is 2. The Morgan fingerprint density at radius 3 is 2.88 bits per heavy atom. The minimum absolute atomic E-state index is 0.0290. The molecule has 0 heterocycles. The molecule has 0 saturated carbocycles. The number of nitrogens with two attached hydrogens (primary N) is 2. The van der Waals surface area contributed by atoms with E-state index in [0.717, 1.165) is 5.56 Å². The van der Waals surface area contributed by atoms with Crippen molar-refractivity contribution in [3.8, 4) is 0 Å². The first-order valence-electron chi connectivity index (χ1n) is 4.14. The number of hydrazone groups is 1. The fourth-order valence-corrected chi connectivity index (χ4v) is 2.36. The fourth-order valence-electron chi connectivity index (χ4n) is 1.01. The van der Waals surface area contributed by atoms with E-state index in [4.69, 9.17) is 11.6 Å². The van der Waals surface area contributed by atoms with E-state index >= 15 is 0 Å². The Bertz CT molecular complexity index is 438. The largest absolute Gasteiger partial charge is 0.377 e. The zero-order chi connectivity index (χ0) is 12.1. The number of halogens is 1. The first-order valence-corrected chi connectivity index (χ1v) is 5.92. The molecule has 0 aliphatic heterocycles. The lowest BCUT2D eigenvalue weighted by molar-refractivity contribution is -0.385. The Hall–Kier alpha value is -1.28. The molecule has 0 spiro atoms. The molecule has 1 aromatic carbocycles. The Kier molecular flexibility index (Phi) is 4.56. The maximum Gasteiger partial charge on any atom is 0.283 e. The van der Waals surface area contributed by atoms with Crippen molar-refractivity contribution >= 4 is 38.5 Å². The summed E-state index contributed by atoms with van der Waals surface area (Å²) in [6.07, 6.45) is 0. The lowest BCUT2D eigenvalue weighted by Gasteiger charge is -2.03. The monoisotopic (exact) mass is 304 g/mol. The van der Waals surface area contributed by atoms with Crippen molar-refractivity contribution < 1.29 is 4.92 Å². The van der Waals surface area contributed by atoms with Crippen LogP contribution in [0, 0.1) is 10.1 Å². The van der Waals surface area contributed by atoms with Crippen LogP contribution in [0.5, 0.6) is 0 Å². The molecule has 1 rings (SSSR count). The molecular weight excluding hydrogens is 296 g/mol. The second-order valence-corrected chi connectivity index (χ2v) is 4.55. The van der Waals surface area contributed by atoms with Crippen molar-refractivity contribution in [1.29, 1.82) is 0 Å². The van der Waals surface area contributed by atoms with Gasteiger partial charge in [-0.2, -0.15) is 5.10 Å². The van der Waals surface area contributed by atoms with Gasteiger partial charge in [0.2, 0.25) is 0 Å². The highest BCUT2D eigenvalue weighted by molar-refractivity contribution is 9.10. The van der Waals surface area contributed by atoms with Crippen LogP contribution in [-0.2, 0) is 5.75 Å². The van der Waals surface area contributed by atoms with E-state index < -0.39 is 4.92 Å². The van der Waals surface area contributed by atoms with Gasteiger partial charge in [0.05, 0.1) is 9.40 Å². The topological polar surface area (TPSA) is 108 Å². The van der Waals surface area contributed by atoms with Crippen molar-refractivity contribution in [2.75, 3.05) is 0 Å². The molecule has 0 bridgehead atoms. The number of hydrogen-bond acceptors (Lipinski definition) is 5. The van der Waals surface area contributed by atoms with Crippen molar-refractivity contribution in [3.63, 3.8) is 0 Å². The van der Waals surface area contributed by atoms with Gasteiger partial charge < -0.3 is 11.6 Å². The lowest BCUT2D eigenvalue weighted by atomic mass is 10.2. The Morgan fingerprint density at radius 1 is 1.62 bits per heavy atom. The minimum atomic E-state index is -0.446. The zero-order valence-electron chi connectivity index (χ0n) is 8.09. The van der Waals surface area contributed by atoms with Crippen molar-refractivity contribution in [1.82, 2.24) is 0 Å². The van der Waals surface area contributed by atoms with Crippen LogP contribution in [0.25, 0.3) is 0 Å². The average Bonchev–Trinajstić information content (AvgIpc) is 2.26. The van der Waals surface area contributed by atoms with Crippen LogP contribution in [0.3, 0.4) is 0 Å². The highest BCUT2D eigenvalue weighted by atomic mass is 79.9. The quantitative estimate of drug-likeness (QED) is 0.291. The normalized spacial score (nSPS) is 11.4. The molecule has 0 amide bonds. The van der Waals surface area contributed by atoms with Gasteiger partial charge in [0.1, 0.15) is 0 Å². The summed E-state index contributed by atoms with van der Waals surface area (Å²) in [7, 11) is 0. The second-order valence-electron chi connectivity index (χ2n) is 2.76. The van der Waals surface area contributed by atoms with Gasteiger partial charge in [-0.1, -0.05) is 23.9 Å². The maximum absolute atomic E-state index is 10.7. The van der Waals surface area contributed by atoms with E-state index in [-0.39, 0.29) is 10.9 Å². The van der Waals surface area contributed by atoms with Gasteiger partial charge in [0.25, 0.3) is 5.69 Å². The molecule has 86 valence electrons. The third-order valence-electron chi connectivity index (χ3n) is 1.76. The Labute approximate surface area is 104 Å². The van der Waals surface area contributed by atoms with E-state index in [1.807, 2.05) is 0 Å². The highest BCUT2D eigenvalue weighted by Gasteiger charge is 2.14. The van der Waals surface area contributed by atoms with E-state index in [1.165, 1.54) is 17.8 Å². The first kappa shape index (κ1) is 12.8. The molecule has 8 heteroatoms. The number of benzene rings is 1. The van der Waals surface area contributed by atoms with Gasteiger partial charge >= 0.3 is 0 Å². The minimum Gasteiger partial charge on any atom is -0.377 e. The van der Waals surface area contributed by atoms with Crippen LogP contribution in [0.15, 0.2) is 27.8 Å². The molecule has 0 saturated heterocycles. The molecule has 16 heavy (non-hydrogen) atoms. The molecular formula is C8H9BrN4O2S. The standard InChI is InChI=1S/C8H9BrN4O2S/c9-7-5(4-16-8(10)12-11)2-1-3-6(7)13(14)15/h1-3H,4,11H2,(H2,10,12). The van der Waals surface area contributed by atoms with Crippen LogP contribution < -0.4 is 11.6 Å². The van der Waals surface area contributed by atoms with Crippen LogP contribution >= 0.6 is 27.7 Å². The molecule has 0 fully saturated rings. The highest BCUT2D eigenvalue weighted by Crippen LogP contribution is 2.30. The smallest absolute Gasteiger partial charge is 0.283 e. The van der Waals surface area contributed by atoms with Crippen LogP contribution in [0.1, 0.15) is 5.56 Å². The number of nitro groups is 1. The number of nitrogens with zero attached hydrogens (tertiary/aromatic N) is 2. The first-order chi connectivity index (χ1) is 7.56. The van der Waals surface area contributed by atoms with Crippen LogP contribution in [-0.4, -0.2) is 10.1 Å². The lowest BCUT2D eigenvalue weighted by Crippen LogP contribution is -2.09. The van der Waals surface area contributed by atoms with Crippen molar-refractivity contribution in [2.45, 2.75) is 5.75 Å². The molecule has 6 nitrogen and oxygen atoms in total. The molecule has 0 radical (unpaired) electrons. The maximum atomic E-state index is 10.7. The third kappa shape index (κ3) is 3.11. The van der Waals surface area contributed by atoms with Crippen molar-refractivity contribution in [2.24, 2.45) is 16.7 Å². The van der Waals surface area contributed by atoms with Gasteiger partial charge in [0, 0.05) is 11.8 Å². The summed E-state index contributed by atoms with van der Waals surface area (Å²) in [6, 6.07) is 4.82. The molecule has 0 unspecified atom stereocenters. The molecule has 0 aliphatic rings. The molecule has 1 aromatic rings. The molecule has 0 aromatic heterocycles. The summed E-state index contributed by atoms with van der Waals surface area (Å²) >= 11 is 4.40. The summed E-state index contributed by atoms with van der Waals surface area (Å²) < 4.78 is 0.456. The Morgan fingerprint density at radius 2 is 2.31 bits per heavy atom. The van der Waals surface area contributed by atoms with Gasteiger partial charge in [-0.25, -0.2) is 0 Å². The predicted octanol–water partition coefficient (Wildman–Crippen LogP) is 1.78. The van der Waals surface area contributed by atoms with Crippen molar-refractivity contribution in [3.05, 3.63) is 38.3 Å².